The summed E-state index contributed by atoms with van der Waals surface area (Å²) in [4.78, 5) is 24.5. The minimum atomic E-state index is -0.489. The second-order valence-electron chi connectivity index (χ2n) is 8.62. The number of anilines is 3. The Labute approximate surface area is 185 Å². The molecule has 0 unspecified atom stereocenters. The van der Waals surface area contributed by atoms with Crippen molar-refractivity contribution in [2.75, 3.05) is 29.1 Å². The first kappa shape index (κ1) is 24.3. The molecule has 2 aromatic carbocycles. The molecule has 0 spiro atoms. The van der Waals surface area contributed by atoms with Gasteiger partial charge >= 0.3 is 0 Å². The maximum Gasteiger partial charge on any atom is 0.243 e. The minimum absolute atomic E-state index is 0.0786. The molecule has 6 nitrogen and oxygen atoms in total. The quantitative estimate of drug-likeness (QED) is 0.405. The van der Waals surface area contributed by atoms with Crippen molar-refractivity contribution in [3.05, 3.63) is 48.5 Å². The summed E-state index contributed by atoms with van der Waals surface area (Å²) in [5.41, 5.74) is 1.61. The first-order chi connectivity index (χ1) is 14.8. The van der Waals surface area contributed by atoms with E-state index in [-0.39, 0.29) is 18.4 Å². The highest BCUT2D eigenvalue weighted by Crippen LogP contribution is 2.20. The van der Waals surface area contributed by atoms with Crippen LogP contribution in [0, 0.1) is 5.41 Å². The van der Waals surface area contributed by atoms with E-state index >= 15 is 0 Å². The summed E-state index contributed by atoms with van der Waals surface area (Å²) in [5, 5.41) is 8.84. The first-order valence-electron chi connectivity index (χ1n) is 11.0. The molecule has 0 aliphatic heterocycles. The van der Waals surface area contributed by atoms with Crippen LogP contribution in [0.2, 0.25) is 0 Å². The van der Waals surface area contributed by atoms with Gasteiger partial charge in [0, 0.05) is 28.5 Å². The lowest BCUT2D eigenvalue weighted by molar-refractivity contribution is -0.123. The van der Waals surface area contributed by atoms with Crippen molar-refractivity contribution in [1.29, 1.82) is 0 Å². The van der Waals surface area contributed by atoms with E-state index in [9.17, 15) is 9.59 Å². The predicted molar refractivity (Wildman–Crippen MR) is 128 cm³/mol. The third kappa shape index (κ3) is 9.11. The fraction of sp³-hybridized carbons (Fsp3) is 0.440. The Hall–Kier alpha value is -3.02. The third-order valence-electron chi connectivity index (χ3n) is 4.64. The van der Waals surface area contributed by atoms with E-state index in [1.165, 1.54) is 19.3 Å². The van der Waals surface area contributed by atoms with E-state index in [0.29, 0.717) is 18.0 Å². The van der Waals surface area contributed by atoms with Gasteiger partial charge in [-0.15, -0.1) is 0 Å². The van der Waals surface area contributed by atoms with Crippen LogP contribution in [-0.2, 0) is 9.59 Å². The lowest BCUT2D eigenvalue weighted by atomic mass is 9.95. The third-order valence-corrected chi connectivity index (χ3v) is 4.64. The van der Waals surface area contributed by atoms with E-state index < -0.39 is 5.41 Å². The summed E-state index contributed by atoms with van der Waals surface area (Å²) in [6.07, 6.45) is 4.65. The summed E-state index contributed by atoms with van der Waals surface area (Å²) in [6.45, 7) is 8.57. The molecule has 0 fully saturated rings. The highest BCUT2D eigenvalue weighted by atomic mass is 16.5. The molecule has 0 aromatic heterocycles. The molecule has 6 heteroatoms. The Morgan fingerprint density at radius 3 is 2.26 bits per heavy atom. The summed E-state index contributed by atoms with van der Waals surface area (Å²) in [5.74, 6) is 0.541. The van der Waals surface area contributed by atoms with Gasteiger partial charge in [0.1, 0.15) is 5.75 Å². The summed E-state index contributed by atoms with van der Waals surface area (Å²) < 4.78 is 5.79. The topological polar surface area (TPSA) is 79.5 Å². The van der Waals surface area contributed by atoms with Crippen molar-refractivity contribution in [1.82, 2.24) is 0 Å². The van der Waals surface area contributed by atoms with Gasteiger partial charge in [-0.25, -0.2) is 0 Å². The molecule has 0 saturated heterocycles. The highest BCUT2D eigenvalue weighted by molar-refractivity contribution is 5.97. The van der Waals surface area contributed by atoms with Gasteiger partial charge in [-0.05, 0) is 36.8 Å². The summed E-state index contributed by atoms with van der Waals surface area (Å²) in [7, 11) is 0. The molecule has 3 N–H and O–H groups in total. The monoisotopic (exact) mass is 425 g/mol. The summed E-state index contributed by atoms with van der Waals surface area (Å²) >= 11 is 0. The number of ether oxygens (including phenoxy) is 1. The van der Waals surface area contributed by atoms with Crippen LogP contribution in [-0.4, -0.2) is 25.0 Å². The smallest absolute Gasteiger partial charge is 0.243 e. The van der Waals surface area contributed by atoms with Gasteiger partial charge < -0.3 is 20.7 Å². The normalized spacial score (nSPS) is 11.0. The molecule has 0 aliphatic rings. The molecule has 0 atom stereocenters. The molecule has 2 aromatic rings. The second kappa shape index (κ2) is 12.0. The largest absolute Gasteiger partial charge is 0.494 e. The SMILES string of the molecule is CCCCCCOc1cccc(NCC(=O)Nc2cccc(NC(=O)C(C)(C)C)c2)c1. The van der Waals surface area contributed by atoms with Crippen LogP contribution in [0.15, 0.2) is 48.5 Å². The number of unbranched alkanes of at least 4 members (excludes halogenated alkanes) is 3. The second-order valence-corrected chi connectivity index (χ2v) is 8.62. The van der Waals surface area contributed by atoms with E-state index in [4.69, 9.17) is 4.74 Å². The van der Waals surface area contributed by atoms with Crippen molar-refractivity contribution in [2.45, 2.75) is 53.4 Å². The van der Waals surface area contributed by atoms with Crippen molar-refractivity contribution in [2.24, 2.45) is 5.41 Å². The molecule has 0 radical (unpaired) electrons. The molecule has 31 heavy (non-hydrogen) atoms. The van der Waals surface area contributed by atoms with Gasteiger partial charge in [-0.1, -0.05) is 59.1 Å². The molecule has 0 heterocycles. The van der Waals surface area contributed by atoms with E-state index in [2.05, 4.69) is 22.9 Å². The number of nitrogens with one attached hydrogen (secondary N) is 3. The van der Waals surface area contributed by atoms with Crippen LogP contribution in [0.1, 0.15) is 53.4 Å². The van der Waals surface area contributed by atoms with Gasteiger partial charge in [0.25, 0.3) is 0 Å². The highest BCUT2D eigenvalue weighted by Gasteiger charge is 2.21. The number of carbonyl (C=O) groups excluding carboxylic acids is 2. The van der Waals surface area contributed by atoms with E-state index in [1.807, 2.05) is 45.0 Å². The van der Waals surface area contributed by atoms with Gasteiger partial charge in [-0.2, -0.15) is 0 Å². The minimum Gasteiger partial charge on any atom is -0.494 e. The number of hydrogen-bond donors (Lipinski definition) is 3. The Bertz CT molecular complexity index is 859. The van der Waals surface area contributed by atoms with Gasteiger partial charge in [-0.3, -0.25) is 9.59 Å². The van der Waals surface area contributed by atoms with Crippen LogP contribution in [0.25, 0.3) is 0 Å². The first-order valence-corrected chi connectivity index (χ1v) is 11.0. The molecule has 0 bridgehead atoms. The summed E-state index contributed by atoms with van der Waals surface area (Å²) in [6, 6.07) is 14.8. The maximum absolute atomic E-state index is 12.3. The van der Waals surface area contributed by atoms with Crippen molar-refractivity contribution in [3.63, 3.8) is 0 Å². The molecule has 0 saturated carbocycles. The Kier molecular flexibility index (Phi) is 9.38. The Balaban J connectivity index is 1.82. The van der Waals surface area contributed by atoms with Gasteiger partial charge in [0.15, 0.2) is 0 Å². The zero-order valence-electron chi connectivity index (χ0n) is 19.1. The fourth-order valence-corrected chi connectivity index (χ4v) is 2.80. The molecule has 2 rings (SSSR count). The van der Waals surface area contributed by atoms with Crippen molar-refractivity contribution < 1.29 is 14.3 Å². The molecular formula is C25H35N3O3. The van der Waals surface area contributed by atoms with E-state index in [0.717, 1.165) is 17.9 Å². The van der Waals surface area contributed by atoms with Crippen LogP contribution in [0.5, 0.6) is 5.75 Å². The van der Waals surface area contributed by atoms with Gasteiger partial charge in [0.05, 0.1) is 13.2 Å². The fourth-order valence-electron chi connectivity index (χ4n) is 2.80. The molecular weight excluding hydrogens is 390 g/mol. The molecule has 168 valence electrons. The Morgan fingerprint density at radius 1 is 0.871 bits per heavy atom. The lowest BCUT2D eigenvalue weighted by Crippen LogP contribution is -2.27. The van der Waals surface area contributed by atoms with Crippen molar-refractivity contribution in [3.8, 4) is 5.75 Å². The van der Waals surface area contributed by atoms with Crippen molar-refractivity contribution >= 4 is 28.9 Å². The maximum atomic E-state index is 12.3. The van der Waals surface area contributed by atoms with Crippen LogP contribution < -0.4 is 20.7 Å². The number of carbonyl (C=O) groups is 2. The number of rotatable bonds is 11. The van der Waals surface area contributed by atoms with Crippen LogP contribution in [0.4, 0.5) is 17.1 Å². The van der Waals surface area contributed by atoms with Crippen LogP contribution in [0.3, 0.4) is 0 Å². The molecule has 2 amide bonds. The standard InChI is InChI=1S/C25H35N3O3/c1-5-6-7-8-15-31-22-14-10-11-19(17-22)26-18-23(29)27-20-12-9-13-21(16-20)28-24(30)25(2,3)4/h9-14,16-17,26H,5-8,15,18H2,1-4H3,(H,27,29)(H,28,30). The van der Waals surface area contributed by atoms with Crippen LogP contribution >= 0.6 is 0 Å². The molecule has 0 aliphatic carbocycles. The van der Waals surface area contributed by atoms with E-state index in [1.54, 1.807) is 24.3 Å². The zero-order chi connectivity index (χ0) is 22.7. The zero-order valence-corrected chi connectivity index (χ0v) is 19.1. The average Bonchev–Trinajstić information content (AvgIpc) is 2.72. The Morgan fingerprint density at radius 2 is 1.55 bits per heavy atom. The van der Waals surface area contributed by atoms with Gasteiger partial charge in [0.2, 0.25) is 11.8 Å². The number of benzene rings is 2. The average molecular weight is 426 g/mol. The number of hydrogen-bond acceptors (Lipinski definition) is 4. The number of amides is 2. The lowest BCUT2D eigenvalue weighted by Gasteiger charge is -2.18. The predicted octanol–water partition coefficient (Wildman–Crippen LogP) is 5.68.